The van der Waals surface area contributed by atoms with E-state index in [2.05, 4.69) is 153 Å². The molecule has 41 heavy (non-hydrogen) atoms. The van der Waals surface area contributed by atoms with Crippen molar-refractivity contribution >= 4 is 60.7 Å². The predicted octanol–water partition coefficient (Wildman–Crippen LogP) is 11.1. The second-order valence-corrected chi connectivity index (χ2v) is 9.80. The van der Waals surface area contributed by atoms with Gasteiger partial charge in [0, 0.05) is 0 Å². The van der Waals surface area contributed by atoms with Crippen LogP contribution in [0.25, 0.3) is 65.0 Å². The van der Waals surface area contributed by atoms with Gasteiger partial charge in [0.15, 0.2) is 0 Å². The van der Waals surface area contributed by atoms with Gasteiger partial charge in [0.1, 0.15) is 0 Å². The van der Waals surface area contributed by atoms with Crippen LogP contribution in [0.2, 0.25) is 0 Å². The molecule has 2 heteroatoms. The Kier molecular flexibility index (Phi) is 9.92. The van der Waals surface area contributed by atoms with Gasteiger partial charge in [0.05, 0.1) is 0 Å². The molecular weight excluding hydrogens is 588 g/mol. The van der Waals surface area contributed by atoms with Crippen LogP contribution in [0.15, 0.2) is 140 Å². The average Bonchev–Trinajstić information content (AvgIpc) is 3.58. The van der Waals surface area contributed by atoms with Crippen LogP contribution < -0.4 is 0 Å². The third-order valence-corrected chi connectivity index (χ3v) is 7.58. The Bertz CT molecular complexity index is 2020. The fourth-order valence-corrected chi connectivity index (χ4v) is 5.85. The Morgan fingerprint density at radius 3 is 1.68 bits per heavy atom. The molecule has 8 aromatic carbocycles. The van der Waals surface area contributed by atoms with Crippen LogP contribution >= 0.6 is 0 Å². The molecule has 0 bridgehead atoms. The number of rotatable bonds is 1. The topological polar surface area (TPSA) is 0 Å². The van der Waals surface area contributed by atoms with Crippen LogP contribution in [0.4, 0.5) is 0 Å². The maximum atomic E-state index is 3.06. The Morgan fingerprint density at radius 1 is 0.512 bits per heavy atom. The molecule has 0 spiro atoms. The first-order valence-corrected chi connectivity index (χ1v) is 17.3. The molecule has 0 fully saturated rings. The molecule has 0 unspecified atom stereocenters. The summed E-state index contributed by atoms with van der Waals surface area (Å²) in [6.45, 7) is 5.27. The van der Waals surface area contributed by atoms with E-state index >= 15 is 0 Å². The van der Waals surface area contributed by atoms with Crippen molar-refractivity contribution < 1.29 is 23.3 Å². The van der Waals surface area contributed by atoms with Crippen molar-refractivity contribution in [1.29, 1.82) is 0 Å². The van der Waals surface area contributed by atoms with Gasteiger partial charge in [-0.3, -0.25) is 0 Å². The second-order valence-electron chi connectivity index (χ2n) is 9.80. The van der Waals surface area contributed by atoms with Gasteiger partial charge in [-0.15, -0.1) is 68.7 Å². The van der Waals surface area contributed by atoms with Crippen molar-refractivity contribution in [2.24, 2.45) is 0 Å². The molecule has 0 N–H and O–H groups in total. The summed E-state index contributed by atoms with van der Waals surface area (Å²) >= 11 is 1.36. The first-order valence-electron chi connectivity index (χ1n) is 13.1. The molecule has 2 radical (unpaired) electrons. The zero-order valence-corrected chi connectivity index (χ0v) is 27.2. The summed E-state index contributed by atoms with van der Waals surface area (Å²) in [7, 11) is 0. The minimum atomic E-state index is 0. The molecule has 200 valence electrons. The number of benzene rings is 6. The van der Waals surface area contributed by atoms with Crippen LogP contribution in [-0.2, 0) is 23.3 Å². The average molecular weight is 620 g/mol. The molecule has 0 aliphatic carbocycles. The van der Waals surface area contributed by atoms with Crippen molar-refractivity contribution in [3.8, 4) is 11.1 Å². The minimum Gasteiger partial charge on any atom is -0.126 e. The Labute approximate surface area is 260 Å². The summed E-state index contributed by atoms with van der Waals surface area (Å²) in [5.74, 6) is 0. The molecular formula is C39H32SiZr-4. The molecule has 0 aliphatic heterocycles. The first-order chi connectivity index (χ1) is 19.3. The maximum absolute atomic E-state index is 3.06. The van der Waals surface area contributed by atoms with Gasteiger partial charge in [-0.1, -0.05) is 103 Å². The van der Waals surface area contributed by atoms with Crippen molar-refractivity contribution in [1.82, 2.24) is 0 Å². The van der Waals surface area contributed by atoms with E-state index in [0.29, 0.717) is 0 Å². The Balaban J connectivity index is 0.000000194. The molecule has 0 saturated heterocycles. The van der Waals surface area contributed by atoms with Crippen LogP contribution in [0.3, 0.4) is 0 Å². The predicted molar refractivity (Wildman–Crippen MR) is 180 cm³/mol. The van der Waals surface area contributed by atoms with E-state index in [9.17, 15) is 0 Å². The van der Waals surface area contributed by atoms with Gasteiger partial charge in [0.2, 0.25) is 0 Å². The SMILES string of the molecule is Cc1c[cH-]c2cccc(-c3cc4ccccc4c4ccccc34)c12.[CH3-].[CH3-].[Si]=[Zr].c1ccc2c(c1)[cH-]c1ccccc12. The van der Waals surface area contributed by atoms with Crippen molar-refractivity contribution in [2.75, 3.05) is 0 Å². The largest absolute Gasteiger partial charge is 0.126 e. The van der Waals surface area contributed by atoms with E-state index in [1.165, 1.54) is 93.9 Å². The molecule has 0 atom stereocenters. The molecule has 0 heterocycles. The molecule has 8 aromatic rings. The third kappa shape index (κ3) is 5.65. The molecule has 0 nitrogen and oxygen atoms in total. The van der Waals surface area contributed by atoms with Crippen molar-refractivity contribution in [2.45, 2.75) is 6.92 Å². The molecule has 0 aromatic heterocycles. The molecule has 0 aliphatic rings. The maximum Gasteiger partial charge on any atom is -0.0771 e. The van der Waals surface area contributed by atoms with Gasteiger partial charge in [0.25, 0.3) is 0 Å². The van der Waals surface area contributed by atoms with Crippen molar-refractivity contribution in [3.63, 3.8) is 0 Å². The normalized spacial score (nSPS) is 10.3. The quantitative estimate of drug-likeness (QED) is 0.0974. The standard InChI is InChI=1S/C24H17.C13H9.2CH3.Si.Zr/c1-16-13-14-17-8-6-12-22(24(16)17)23-15-18-7-2-3-9-19(18)20-10-4-5-11-21(20)23;1-3-7-12-10(5-1)9-11-6-2-4-8-13(11)12;;;;/h2-15H,1H3;1-9H;2*1H3;;/q4*-1;;. The second kappa shape index (κ2) is 13.4. The fraction of sp³-hybridized carbons (Fsp3) is 0.0256. The van der Waals surface area contributed by atoms with Gasteiger partial charge < -0.3 is 14.9 Å². The number of aryl methyl sites for hydroxylation is 1. The van der Waals surface area contributed by atoms with Gasteiger partial charge in [-0.05, 0) is 33.2 Å². The van der Waals surface area contributed by atoms with E-state index < -0.39 is 0 Å². The van der Waals surface area contributed by atoms with Crippen LogP contribution in [0.1, 0.15) is 5.56 Å². The summed E-state index contributed by atoms with van der Waals surface area (Å²) in [5, 5.41) is 13.4. The van der Waals surface area contributed by atoms with E-state index in [1.54, 1.807) is 0 Å². The van der Waals surface area contributed by atoms with E-state index in [1.807, 2.05) is 0 Å². The van der Waals surface area contributed by atoms with Crippen LogP contribution in [0, 0.1) is 21.8 Å². The Morgan fingerprint density at radius 2 is 1.02 bits per heavy atom. The van der Waals surface area contributed by atoms with Gasteiger partial charge in [-0.25, -0.2) is 0 Å². The summed E-state index contributed by atoms with van der Waals surface area (Å²) in [6, 6.07) is 50.1. The number of fused-ring (bicyclic) bond motifs is 7. The van der Waals surface area contributed by atoms with Gasteiger partial charge in [-0.2, -0.15) is 11.6 Å². The first kappa shape index (κ1) is 30.4. The van der Waals surface area contributed by atoms with E-state index in [0.717, 1.165) is 0 Å². The molecule has 0 amide bonds. The van der Waals surface area contributed by atoms with Crippen LogP contribution in [0.5, 0.6) is 0 Å². The summed E-state index contributed by atoms with van der Waals surface area (Å²) in [6.07, 6.45) is 0. The van der Waals surface area contributed by atoms with E-state index in [4.69, 9.17) is 0 Å². The summed E-state index contributed by atoms with van der Waals surface area (Å²) in [5.41, 5.74) is 4.00. The minimum absolute atomic E-state index is 0. The number of hydrogen-bond donors (Lipinski definition) is 0. The number of hydrogen-bond acceptors (Lipinski definition) is 0. The van der Waals surface area contributed by atoms with Gasteiger partial charge >= 0.3 is 30.2 Å². The summed E-state index contributed by atoms with van der Waals surface area (Å²) < 4.78 is 0. The fourth-order valence-electron chi connectivity index (χ4n) is 5.85. The van der Waals surface area contributed by atoms with E-state index in [-0.39, 0.29) is 14.9 Å². The zero-order chi connectivity index (χ0) is 26.8. The van der Waals surface area contributed by atoms with Crippen LogP contribution in [-0.4, -0.2) is 6.88 Å². The summed E-state index contributed by atoms with van der Waals surface area (Å²) in [4.78, 5) is 0. The van der Waals surface area contributed by atoms with Crippen molar-refractivity contribution in [3.05, 3.63) is 160 Å². The monoisotopic (exact) mass is 618 g/mol. The molecule has 8 rings (SSSR count). The zero-order valence-electron chi connectivity index (χ0n) is 23.8. The smallest absolute Gasteiger partial charge is 0.0771 e. The molecule has 0 saturated carbocycles. The Hall–Kier alpha value is -3.58. The third-order valence-electron chi connectivity index (χ3n) is 7.58.